The number of nitrogens with one attached hydrogen (secondary N) is 1. The van der Waals surface area contributed by atoms with Crippen LogP contribution < -0.4 is 10.2 Å². The number of nitrogens with zero attached hydrogens (tertiary/aromatic N) is 3. The minimum absolute atomic E-state index is 0.0349. The van der Waals surface area contributed by atoms with E-state index in [0.29, 0.717) is 6.04 Å². The molecule has 6 rings (SSSR count). The van der Waals surface area contributed by atoms with Crippen LogP contribution >= 0.6 is 11.3 Å². The highest BCUT2D eigenvalue weighted by atomic mass is 32.1. The molecule has 2 N–H and O–H groups in total. The Balaban J connectivity index is 1.23. The summed E-state index contributed by atoms with van der Waals surface area (Å²) in [7, 11) is 0. The van der Waals surface area contributed by atoms with E-state index in [2.05, 4.69) is 76.7 Å². The molecule has 1 saturated heterocycles. The molecule has 6 heteroatoms. The largest absolute Gasteiger partial charge is 0.391 e. The van der Waals surface area contributed by atoms with Crippen molar-refractivity contribution in [1.29, 1.82) is 0 Å². The van der Waals surface area contributed by atoms with Gasteiger partial charge < -0.3 is 15.3 Å². The van der Waals surface area contributed by atoms with Gasteiger partial charge in [-0.1, -0.05) is 54.6 Å². The zero-order valence-electron chi connectivity index (χ0n) is 18.7. The predicted octanol–water partition coefficient (Wildman–Crippen LogP) is 4.88. The maximum Gasteiger partial charge on any atom is 0.141 e. The average Bonchev–Trinajstić information content (AvgIpc) is 3.35. The van der Waals surface area contributed by atoms with Gasteiger partial charge in [0.1, 0.15) is 17.0 Å². The number of aliphatic hydroxyl groups is 1. The number of rotatable bonds is 4. The van der Waals surface area contributed by atoms with Crippen LogP contribution in [0.5, 0.6) is 0 Å². The van der Waals surface area contributed by atoms with Crippen LogP contribution in [0.15, 0.2) is 60.9 Å². The van der Waals surface area contributed by atoms with E-state index in [1.807, 2.05) is 0 Å². The molecule has 33 heavy (non-hydrogen) atoms. The Bertz CT molecular complexity index is 1280. The molecule has 168 valence electrons. The van der Waals surface area contributed by atoms with Gasteiger partial charge in [-0.05, 0) is 36.5 Å². The predicted molar refractivity (Wildman–Crippen MR) is 135 cm³/mol. The number of benzene rings is 2. The van der Waals surface area contributed by atoms with Crippen LogP contribution in [0.3, 0.4) is 0 Å². The fourth-order valence-electron chi connectivity index (χ4n) is 5.51. The third-order valence-corrected chi connectivity index (χ3v) is 8.13. The molecule has 0 amide bonds. The van der Waals surface area contributed by atoms with Crippen molar-refractivity contribution in [3.8, 4) is 11.1 Å². The number of aliphatic hydroxyl groups excluding tert-OH is 1. The lowest BCUT2D eigenvalue weighted by Gasteiger charge is -2.35. The second-order valence-corrected chi connectivity index (χ2v) is 10.4. The fraction of sp³-hybridized carbons (Fsp3) is 0.333. The number of hydrogen-bond donors (Lipinski definition) is 2. The third-order valence-electron chi connectivity index (χ3n) is 7.12. The van der Waals surface area contributed by atoms with Gasteiger partial charge in [0.2, 0.25) is 0 Å². The lowest BCUT2D eigenvalue weighted by Crippen LogP contribution is -2.45. The third kappa shape index (κ3) is 3.72. The second kappa shape index (κ2) is 8.52. The van der Waals surface area contributed by atoms with Crippen molar-refractivity contribution in [2.75, 3.05) is 18.0 Å². The summed E-state index contributed by atoms with van der Waals surface area (Å²) in [5.74, 6) is 1.05. The van der Waals surface area contributed by atoms with E-state index in [9.17, 15) is 5.11 Å². The monoisotopic (exact) mass is 456 g/mol. The quantitative estimate of drug-likeness (QED) is 0.458. The van der Waals surface area contributed by atoms with Gasteiger partial charge in [-0.25, -0.2) is 9.97 Å². The Morgan fingerprint density at radius 2 is 1.76 bits per heavy atom. The molecular formula is C27H28N4OS. The first-order valence-corrected chi connectivity index (χ1v) is 12.6. The first kappa shape index (κ1) is 20.8. The molecule has 1 aliphatic heterocycles. The van der Waals surface area contributed by atoms with Gasteiger partial charge >= 0.3 is 0 Å². The lowest BCUT2D eigenvalue weighted by atomic mass is 10.00. The summed E-state index contributed by atoms with van der Waals surface area (Å²) in [6, 6.07) is 19.4. The zero-order valence-corrected chi connectivity index (χ0v) is 19.6. The van der Waals surface area contributed by atoms with Crippen molar-refractivity contribution < 1.29 is 5.11 Å². The maximum atomic E-state index is 10.6. The van der Waals surface area contributed by atoms with Gasteiger partial charge in [0, 0.05) is 36.0 Å². The van der Waals surface area contributed by atoms with Gasteiger partial charge in [0.25, 0.3) is 0 Å². The summed E-state index contributed by atoms with van der Waals surface area (Å²) < 4.78 is 0. The summed E-state index contributed by atoms with van der Waals surface area (Å²) in [6.45, 7) is 4.06. The molecule has 2 atom stereocenters. The summed E-state index contributed by atoms with van der Waals surface area (Å²) in [4.78, 5) is 14.1. The topological polar surface area (TPSA) is 61.3 Å². The van der Waals surface area contributed by atoms with Gasteiger partial charge in [-0.15, -0.1) is 11.3 Å². The molecule has 2 unspecified atom stereocenters. The molecule has 0 bridgehead atoms. The molecule has 0 spiro atoms. The average molecular weight is 457 g/mol. The minimum atomic E-state index is -0.343. The molecule has 5 nitrogen and oxygen atoms in total. The van der Waals surface area contributed by atoms with Crippen LogP contribution in [-0.4, -0.2) is 40.3 Å². The van der Waals surface area contributed by atoms with Crippen LogP contribution in [0.25, 0.3) is 21.3 Å². The molecule has 4 aromatic rings. The van der Waals surface area contributed by atoms with Crippen molar-refractivity contribution >= 4 is 27.4 Å². The highest BCUT2D eigenvalue weighted by Crippen LogP contribution is 2.42. The van der Waals surface area contributed by atoms with Crippen LogP contribution in [-0.2, 0) is 6.42 Å². The van der Waals surface area contributed by atoms with Gasteiger partial charge in [-0.2, -0.15) is 0 Å². The van der Waals surface area contributed by atoms with E-state index in [4.69, 9.17) is 4.98 Å². The number of piperidine rings is 1. The van der Waals surface area contributed by atoms with Gasteiger partial charge in [0.05, 0.1) is 17.5 Å². The molecule has 1 fully saturated rings. The SMILES string of the molecule is Cc1sc2ncnc(N3CCC(NC4c5ccccc5CC4O)CC3)c2c1-c1ccccc1. The van der Waals surface area contributed by atoms with Crippen LogP contribution in [0.4, 0.5) is 5.82 Å². The molecule has 1 aliphatic carbocycles. The highest BCUT2D eigenvalue weighted by molar-refractivity contribution is 7.19. The van der Waals surface area contributed by atoms with Crippen molar-refractivity contribution in [2.24, 2.45) is 0 Å². The van der Waals surface area contributed by atoms with Gasteiger partial charge in [0.15, 0.2) is 0 Å². The standard InChI is InChI=1S/C27H28N4OS/c1-17-23(18-7-3-2-4-8-18)24-26(28-16-29-27(24)33-17)31-13-11-20(12-14-31)30-25-21-10-6-5-9-19(21)15-22(25)32/h2-10,16,20,22,25,30,32H,11-15H2,1H3. The Hall–Kier alpha value is -2.80. The van der Waals surface area contributed by atoms with Crippen LogP contribution in [0.2, 0.25) is 0 Å². The number of anilines is 1. The molecule has 2 aliphatic rings. The summed E-state index contributed by atoms with van der Waals surface area (Å²) in [5.41, 5.74) is 5.01. The molecule has 0 saturated carbocycles. The van der Waals surface area contributed by atoms with E-state index >= 15 is 0 Å². The Kier molecular flexibility index (Phi) is 5.37. The Morgan fingerprint density at radius 3 is 2.58 bits per heavy atom. The summed E-state index contributed by atoms with van der Waals surface area (Å²) >= 11 is 1.75. The van der Waals surface area contributed by atoms with Gasteiger partial charge in [-0.3, -0.25) is 0 Å². The number of aromatic nitrogens is 2. The van der Waals surface area contributed by atoms with E-state index in [0.717, 1.165) is 43.0 Å². The number of hydrogen-bond acceptors (Lipinski definition) is 6. The van der Waals surface area contributed by atoms with Crippen molar-refractivity contribution in [3.63, 3.8) is 0 Å². The molecule has 0 radical (unpaired) electrons. The van der Waals surface area contributed by atoms with E-state index < -0.39 is 0 Å². The second-order valence-electron chi connectivity index (χ2n) is 9.15. The highest BCUT2D eigenvalue weighted by Gasteiger charge is 2.33. The summed E-state index contributed by atoms with van der Waals surface area (Å²) in [6.07, 6.45) is 4.16. The van der Waals surface area contributed by atoms with E-state index in [-0.39, 0.29) is 12.1 Å². The lowest BCUT2D eigenvalue weighted by molar-refractivity contribution is 0.131. The number of thiophene rings is 1. The van der Waals surface area contributed by atoms with E-state index in [1.165, 1.54) is 32.5 Å². The van der Waals surface area contributed by atoms with E-state index in [1.54, 1.807) is 17.7 Å². The maximum absolute atomic E-state index is 10.6. The minimum Gasteiger partial charge on any atom is -0.391 e. The van der Waals surface area contributed by atoms with Crippen molar-refractivity contribution in [2.45, 2.75) is 44.4 Å². The van der Waals surface area contributed by atoms with Crippen LogP contribution in [0, 0.1) is 6.92 Å². The molecule has 2 aromatic carbocycles. The Labute approximate surface area is 198 Å². The number of aryl methyl sites for hydroxylation is 1. The summed E-state index contributed by atoms with van der Waals surface area (Å²) in [5, 5.41) is 15.6. The fourth-order valence-corrected chi connectivity index (χ4v) is 6.52. The smallest absolute Gasteiger partial charge is 0.141 e. The number of fused-ring (bicyclic) bond motifs is 2. The first-order valence-electron chi connectivity index (χ1n) is 11.8. The molecule has 2 aromatic heterocycles. The van der Waals surface area contributed by atoms with Crippen molar-refractivity contribution in [3.05, 3.63) is 76.9 Å². The molecule has 3 heterocycles. The Morgan fingerprint density at radius 1 is 1.00 bits per heavy atom. The zero-order chi connectivity index (χ0) is 22.4. The normalized spacial score (nSPS) is 21.0. The first-order chi connectivity index (χ1) is 16.2. The van der Waals surface area contributed by atoms with Crippen LogP contribution in [0.1, 0.15) is 34.9 Å². The van der Waals surface area contributed by atoms with Crippen molar-refractivity contribution in [1.82, 2.24) is 15.3 Å². The molecular weight excluding hydrogens is 428 g/mol.